The molecule has 0 aromatic heterocycles. The molecule has 2 aliphatic heterocycles. The van der Waals surface area contributed by atoms with E-state index >= 15 is 0 Å². The zero-order valence-electron chi connectivity index (χ0n) is 15.7. The SMILES string of the molecule is CCN1CCCC2(CN(Cc3ccccc3S(C)(=O)=O)CC(F)(F)C2)C1=O. The molecule has 2 fully saturated rings. The van der Waals surface area contributed by atoms with Gasteiger partial charge in [-0.15, -0.1) is 0 Å². The van der Waals surface area contributed by atoms with Gasteiger partial charge in [-0.25, -0.2) is 17.2 Å². The number of benzene rings is 1. The second kappa shape index (κ2) is 7.13. The smallest absolute Gasteiger partial charge is 0.261 e. The summed E-state index contributed by atoms with van der Waals surface area (Å²) in [5.74, 6) is -3.18. The minimum Gasteiger partial charge on any atom is -0.342 e. The number of sulfone groups is 1. The molecular weight excluding hydrogens is 374 g/mol. The van der Waals surface area contributed by atoms with Crippen molar-refractivity contribution >= 4 is 15.7 Å². The van der Waals surface area contributed by atoms with E-state index in [2.05, 4.69) is 0 Å². The highest BCUT2D eigenvalue weighted by Gasteiger charge is 2.54. The van der Waals surface area contributed by atoms with Crippen molar-refractivity contribution in [2.75, 3.05) is 32.4 Å². The molecule has 150 valence electrons. The molecule has 0 radical (unpaired) electrons. The van der Waals surface area contributed by atoms with Crippen molar-refractivity contribution in [2.24, 2.45) is 5.41 Å². The van der Waals surface area contributed by atoms with Crippen LogP contribution in [0.15, 0.2) is 29.2 Å². The third-order valence-electron chi connectivity index (χ3n) is 5.55. The van der Waals surface area contributed by atoms with Crippen LogP contribution in [-0.2, 0) is 21.2 Å². The lowest BCUT2D eigenvalue weighted by molar-refractivity contribution is -0.170. The number of nitrogens with zero attached hydrogens (tertiary/aromatic N) is 2. The van der Waals surface area contributed by atoms with Crippen LogP contribution >= 0.6 is 0 Å². The maximum atomic E-state index is 14.6. The highest BCUT2D eigenvalue weighted by Crippen LogP contribution is 2.45. The van der Waals surface area contributed by atoms with E-state index in [1.54, 1.807) is 28.0 Å². The minimum atomic E-state index is -3.46. The molecule has 1 aromatic rings. The first-order chi connectivity index (χ1) is 12.6. The Kier molecular flexibility index (Phi) is 5.33. The lowest BCUT2D eigenvalue weighted by atomic mass is 9.71. The molecule has 0 aliphatic carbocycles. The summed E-state index contributed by atoms with van der Waals surface area (Å²) in [7, 11) is -3.46. The highest BCUT2D eigenvalue weighted by atomic mass is 32.2. The predicted molar refractivity (Wildman–Crippen MR) is 98.3 cm³/mol. The number of likely N-dealkylation sites (tertiary alicyclic amines) is 2. The van der Waals surface area contributed by atoms with E-state index in [0.717, 1.165) is 6.26 Å². The van der Waals surface area contributed by atoms with Gasteiger partial charge in [0.15, 0.2) is 9.84 Å². The van der Waals surface area contributed by atoms with Crippen molar-refractivity contribution in [3.05, 3.63) is 29.8 Å². The van der Waals surface area contributed by atoms with Crippen molar-refractivity contribution in [3.8, 4) is 0 Å². The van der Waals surface area contributed by atoms with E-state index in [1.165, 1.54) is 6.07 Å². The fraction of sp³-hybridized carbons (Fsp3) is 0.632. The van der Waals surface area contributed by atoms with Crippen molar-refractivity contribution in [1.82, 2.24) is 9.80 Å². The number of carbonyl (C=O) groups is 1. The van der Waals surface area contributed by atoms with Crippen LogP contribution in [0.25, 0.3) is 0 Å². The van der Waals surface area contributed by atoms with Crippen LogP contribution in [0.5, 0.6) is 0 Å². The number of hydrogen-bond donors (Lipinski definition) is 0. The highest BCUT2D eigenvalue weighted by molar-refractivity contribution is 7.90. The molecular formula is C19H26F2N2O3S. The van der Waals surface area contributed by atoms with Crippen LogP contribution < -0.4 is 0 Å². The number of rotatable bonds is 4. The van der Waals surface area contributed by atoms with E-state index in [4.69, 9.17) is 0 Å². The number of amides is 1. The monoisotopic (exact) mass is 400 g/mol. The summed E-state index contributed by atoms with van der Waals surface area (Å²) in [6, 6.07) is 6.46. The molecule has 2 heterocycles. The number of carbonyl (C=O) groups excluding carboxylic acids is 1. The summed E-state index contributed by atoms with van der Waals surface area (Å²) < 4.78 is 53.2. The molecule has 1 unspecified atom stereocenters. The number of alkyl halides is 2. The Morgan fingerprint density at radius 2 is 1.89 bits per heavy atom. The number of halogens is 2. The molecule has 2 aliphatic rings. The zero-order chi connectivity index (χ0) is 19.9. The van der Waals surface area contributed by atoms with Crippen LogP contribution in [0.1, 0.15) is 31.7 Å². The van der Waals surface area contributed by atoms with Gasteiger partial charge in [0.2, 0.25) is 5.91 Å². The second-order valence-electron chi connectivity index (χ2n) is 7.83. The van der Waals surface area contributed by atoms with Crippen LogP contribution in [0, 0.1) is 5.41 Å². The van der Waals surface area contributed by atoms with Crippen molar-refractivity contribution in [3.63, 3.8) is 0 Å². The summed E-state index contributed by atoms with van der Waals surface area (Å²) >= 11 is 0. The Bertz CT molecular complexity index is 828. The molecule has 0 N–H and O–H groups in total. The van der Waals surface area contributed by atoms with E-state index in [0.29, 0.717) is 31.5 Å². The molecule has 1 spiro atoms. The van der Waals surface area contributed by atoms with Crippen LogP contribution in [-0.4, -0.2) is 62.5 Å². The quantitative estimate of drug-likeness (QED) is 0.780. The average molecular weight is 400 g/mol. The third kappa shape index (κ3) is 4.16. The van der Waals surface area contributed by atoms with Gasteiger partial charge in [-0.3, -0.25) is 9.69 Å². The molecule has 2 saturated heterocycles. The van der Waals surface area contributed by atoms with Gasteiger partial charge in [-0.05, 0) is 31.4 Å². The van der Waals surface area contributed by atoms with Gasteiger partial charge in [0.1, 0.15) is 0 Å². The van der Waals surface area contributed by atoms with Gasteiger partial charge < -0.3 is 4.90 Å². The maximum Gasteiger partial charge on any atom is 0.261 e. The Morgan fingerprint density at radius 3 is 2.56 bits per heavy atom. The Hall–Kier alpha value is -1.54. The van der Waals surface area contributed by atoms with Crippen LogP contribution in [0.4, 0.5) is 8.78 Å². The third-order valence-corrected chi connectivity index (χ3v) is 6.75. The summed E-state index contributed by atoms with van der Waals surface area (Å²) in [6.45, 7) is 2.84. The zero-order valence-corrected chi connectivity index (χ0v) is 16.6. The first-order valence-electron chi connectivity index (χ1n) is 9.24. The van der Waals surface area contributed by atoms with Gasteiger partial charge in [0, 0.05) is 38.9 Å². The summed E-state index contributed by atoms with van der Waals surface area (Å²) in [6.07, 6.45) is 1.84. The molecule has 27 heavy (non-hydrogen) atoms. The van der Waals surface area contributed by atoms with Gasteiger partial charge >= 0.3 is 0 Å². The minimum absolute atomic E-state index is 0.0833. The fourth-order valence-corrected chi connectivity index (χ4v) is 5.47. The molecule has 0 saturated carbocycles. The van der Waals surface area contributed by atoms with E-state index in [-0.39, 0.29) is 23.9 Å². The van der Waals surface area contributed by atoms with Crippen LogP contribution in [0.2, 0.25) is 0 Å². The maximum absolute atomic E-state index is 14.6. The first-order valence-corrected chi connectivity index (χ1v) is 11.1. The molecule has 5 nitrogen and oxygen atoms in total. The summed E-state index contributed by atoms with van der Waals surface area (Å²) in [5.41, 5.74) is -0.598. The topological polar surface area (TPSA) is 57.7 Å². The predicted octanol–water partition coefficient (Wildman–Crippen LogP) is 2.56. The molecule has 1 atom stereocenters. The van der Waals surface area contributed by atoms with Crippen molar-refractivity contribution in [2.45, 2.75) is 43.5 Å². The average Bonchev–Trinajstić information content (AvgIpc) is 2.55. The first kappa shape index (κ1) is 20.2. The molecule has 8 heteroatoms. The lowest BCUT2D eigenvalue weighted by Gasteiger charge is -2.49. The molecule has 1 aromatic carbocycles. The standard InChI is InChI=1S/C19H26F2N2O3S/c1-3-23-10-6-9-18(17(23)24)12-19(20,21)14-22(13-18)11-15-7-4-5-8-16(15)27(2,25)26/h4-5,7-8H,3,6,9-14H2,1-2H3. The van der Waals surface area contributed by atoms with Gasteiger partial charge in [0.05, 0.1) is 16.9 Å². The summed E-state index contributed by atoms with van der Waals surface area (Å²) in [5, 5.41) is 0. The number of piperidine rings is 2. The van der Waals surface area contributed by atoms with E-state index in [9.17, 15) is 22.0 Å². The molecule has 3 rings (SSSR count). The van der Waals surface area contributed by atoms with Gasteiger partial charge in [0.25, 0.3) is 5.92 Å². The van der Waals surface area contributed by atoms with Crippen molar-refractivity contribution < 1.29 is 22.0 Å². The number of hydrogen-bond acceptors (Lipinski definition) is 4. The van der Waals surface area contributed by atoms with Gasteiger partial charge in [-0.1, -0.05) is 18.2 Å². The molecule has 0 bridgehead atoms. The largest absolute Gasteiger partial charge is 0.342 e. The van der Waals surface area contributed by atoms with Crippen LogP contribution in [0.3, 0.4) is 0 Å². The Balaban J connectivity index is 1.90. The summed E-state index contributed by atoms with van der Waals surface area (Å²) in [4.78, 5) is 16.3. The van der Waals surface area contributed by atoms with Crippen molar-refractivity contribution in [1.29, 1.82) is 0 Å². The fourth-order valence-electron chi connectivity index (χ4n) is 4.53. The van der Waals surface area contributed by atoms with Gasteiger partial charge in [-0.2, -0.15) is 0 Å². The Morgan fingerprint density at radius 1 is 1.19 bits per heavy atom. The second-order valence-corrected chi connectivity index (χ2v) is 9.81. The van der Waals surface area contributed by atoms with E-state index in [1.807, 2.05) is 6.92 Å². The molecule has 1 amide bonds. The Labute approximate surface area is 159 Å². The lowest BCUT2D eigenvalue weighted by Crippen LogP contribution is -2.60. The normalized spacial score (nSPS) is 26.5. The van der Waals surface area contributed by atoms with E-state index < -0.39 is 34.1 Å².